The Balaban J connectivity index is 1.57. The lowest BCUT2D eigenvalue weighted by Crippen LogP contribution is -2.59. The molecule has 30 heavy (non-hydrogen) atoms. The van der Waals surface area contributed by atoms with E-state index in [1.807, 2.05) is 37.4 Å². The van der Waals surface area contributed by atoms with Crippen molar-refractivity contribution >= 4 is 28.5 Å². The third-order valence-corrected chi connectivity index (χ3v) is 5.64. The maximum absolute atomic E-state index is 13.4. The molecule has 2 heterocycles. The fourth-order valence-electron chi connectivity index (χ4n) is 3.90. The molecule has 1 aromatic heterocycles. The highest BCUT2D eigenvalue weighted by Gasteiger charge is 2.31. The molecule has 0 radical (unpaired) electrons. The van der Waals surface area contributed by atoms with Gasteiger partial charge in [-0.1, -0.05) is 26.0 Å². The molecule has 1 aliphatic rings. The van der Waals surface area contributed by atoms with Crippen LogP contribution in [0.2, 0.25) is 0 Å². The number of nitrogens with zero attached hydrogens (tertiary/aromatic N) is 5. The maximum Gasteiger partial charge on any atom is 0.196 e. The Bertz CT molecular complexity index is 1080. The van der Waals surface area contributed by atoms with E-state index in [0.717, 1.165) is 42.0 Å². The number of piperazine rings is 1. The molecule has 1 unspecified atom stereocenters. The van der Waals surface area contributed by atoms with Crippen molar-refractivity contribution in [1.29, 1.82) is 0 Å². The number of aromatic nitrogens is 2. The molecule has 0 aliphatic carbocycles. The van der Waals surface area contributed by atoms with Gasteiger partial charge in [0.25, 0.3) is 0 Å². The number of halogens is 1. The van der Waals surface area contributed by atoms with E-state index < -0.39 is 0 Å². The van der Waals surface area contributed by atoms with Crippen LogP contribution in [0, 0.1) is 18.7 Å². The summed E-state index contributed by atoms with van der Waals surface area (Å²) in [6.07, 6.45) is 1.84. The van der Waals surface area contributed by atoms with Crippen LogP contribution in [0.1, 0.15) is 19.4 Å². The Morgan fingerprint density at radius 3 is 2.67 bits per heavy atom. The summed E-state index contributed by atoms with van der Waals surface area (Å²) in [5.74, 6) is 1.44. The zero-order chi connectivity index (χ0) is 21.3. The summed E-state index contributed by atoms with van der Waals surface area (Å²) in [5.41, 5.74) is 9.66. The number of aryl methyl sites for hydroxylation is 1. The van der Waals surface area contributed by atoms with Crippen molar-refractivity contribution in [2.45, 2.75) is 26.8 Å². The minimum atomic E-state index is -0.268. The van der Waals surface area contributed by atoms with E-state index in [4.69, 9.17) is 10.7 Å². The van der Waals surface area contributed by atoms with Crippen LogP contribution in [0.25, 0.3) is 11.0 Å². The van der Waals surface area contributed by atoms with E-state index >= 15 is 0 Å². The van der Waals surface area contributed by atoms with Gasteiger partial charge in [0.2, 0.25) is 0 Å². The second-order valence-electron chi connectivity index (χ2n) is 8.07. The topological polar surface area (TPSA) is 70.6 Å². The van der Waals surface area contributed by atoms with E-state index in [-0.39, 0.29) is 11.9 Å². The molecule has 1 saturated heterocycles. The Hall–Kier alpha value is -3.22. The second-order valence-corrected chi connectivity index (χ2v) is 8.07. The molecule has 1 fully saturated rings. The fraction of sp³-hybridized carbons (Fsp3) is 0.348. The van der Waals surface area contributed by atoms with Gasteiger partial charge in [-0.25, -0.2) is 14.4 Å². The highest BCUT2D eigenvalue weighted by Crippen LogP contribution is 2.24. The molecule has 1 atom stereocenters. The van der Waals surface area contributed by atoms with Crippen molar-refractivity contribution in [1.82, 2.24) is 14.9 Å². The predicted octanol–water partition coefficient (Wildman–Crippen LogP) is 3.87. The summed E-state index contributed by atoms with van der Waals surface area (Å²) < 4.78 is 13.4. The van der Waals surface area contributed by atoms with Crippen LogP contribution >= 0.6 is 0 Å². The van der Waals surface area contributed by atoms with Crippen LogP contribution in [0.15, 0.2) is 53.7 Å². The van der Waals surface area contributed by atoms with Crippen LogP contribution in [-0.4, -0.2) is 46.5 Å². The van der Waals surface area contributed by atoms with Crippen molar-refractivity contribution in [2.75, 3.05) is 24.5 Å². The Morgan fingerprint density at radius 1 is 1.17 bits per heavy atom. The summed E-state index contributed by atoms with van der Waals surface area (Å²) in [6.45, 7) is 8.49. The number of hydrogen-bond acceptors (Lipinski definition) is 4. The number of hydrogen-bond donors (Lipinski definition) is 1. The maximum atomic E-state index is 13.4. The van der Waals surface area contributed by atoms with Crippen molar-refractivity contribution in [3.8, 4) is 0 Å². The lowest BCUT2D eigenvalue weighted by Gasteiger charge is -2.44. The van der Waals surface area contributed by atoms with Gasteiger partial charge in [-0.3, -0.25) is 4.98 Å². The van der Waals surface area contributed by atoms with Gasteiger partial charge in [0.15, 0.2) is 5.96 Å². The molecule has 0 amide bonds. The summed E-state index contributed by atoms with van der Waals surface area (Å²) in [7, 11) is 0. The number of nitrogens with two attached hydrogens (primary N) is 1. The van der Waals surface area contributed by atoms with E-state index in [2.05, 4.69) is 33.6 Å². The minimum absolute atomic E-state index is 0.177. The first-order chi connectivity index (χ1) is 14.4. The molecule has 0 saturated carbocycles. The Labute approximate surface area is 176 Å². The minimum Gasteiger partial charge on any atom is -0.369 e. The highest BCUT2D eigenvalue weighted by molar-refractivity contribution is 5.82. The van der Waals surface area contributed by atoms with E-state index in [0.29, 0.717) is 17.6 Å². The van der Waals surface area contributed by atoms with Gasteiger partial charge < -0.3 is 15.5 Å². The first kappa shape index (κ1) is 20.1. The van der Waals surface area contributed by atoms with Crippen LogP contribution in [0.4, 0.5) is 15.9 Å². The number of aliphatic imine (C=N–C) groups is 1. The van der Waals surface area contributed by atoms with Gasteiger partial charge >= 0.3 is 0 Å². The van der Waals surface area contributed by atoms with Gasteiger partial charge in [0, 0.05) is 19.6 Å². The summed E-state index contributed by atoms with van der Waals surface area (Å²) in [4.78, 5) is 18.4. The largest absolute Gasteiger partial charge is 0.369 e. The molecule has 6 nitrogen and oxygen atoms in total. The third-order valence-electron chi connectivity index (χ3n) is 5.64. The zero-order valence-electron chi connectivity index (χ0n) is 17.6. The number of anilines is 1. The standard InChI is InChI=1S/C23H27FN6/c1-15(2)21-14-29(22-13-26-19-6-4-5-7-20(19)27-22)10-11-30(21)23(25)28-18-9-8-17(24)12-16(18)3/h4-9,12-13,15,21H,10-11,14H2,1-3H3,(H2,25,28). The van der Waals surface area contributed by atoms with Gasteiger partial charge in [0.05, 0.1) is 29.0 Å². The van der Waals surface area contributed by atoms with Crippen LogP contribution < -0.4 is 10.6 Å². The molecule has 0 bridgehead atoms. The normalized spacial score (nSPS) is 17.8. The lowest BCUT2D eigenvalue weighted by atomic mass is 10.00. The first-order valence-corrected chi connectivity index (χ1v) is 10.3. The monoisotopic (exact) mass is 406 g/mol. The summed E-state index contributed by atoms with van der Waals surface area (Å²) in [6, 6.07) is 12.6. The van der Waals surface area contributed by atoms with Gasteiger partial charge in [-0.15, -0.1) is 0 Å². The SMILES string of the molecule is Cc1cc(F)ccc1N=C(N)N1CCN(c2cnc3ccccc3n2)CC1C(C)C. The number of fused-ring (bicyclic) bond motifs is 1. The summed E-state index contributed by atoms with van der Waals surface area (Å²) in [5, 5.41) is 0. The molecule has 1 aliphatic heterocycles. The highest BCUT2D eigenvalue weighted by atomic mass is 19.1. The molecular formula is C23H27FN6. The van der Waals surface area contributed by atoms with Crippen molar-refractivity contribution < 1.29 is 4.39 Å². The lowest BCUT2D eigenvalue weighted by molar-refractivity contribution is 0.222. The molecule has 2 aromatic carbocycles. The van der Waals surface area contributed by atoms with Gasteiger partial charge in [-0.2, -0.15) is 0 Å². The molecular weight excluding hydrogens is 379 g/mol. The number of benzene rings is 2. The average Bonchev–Trinajstić information content (AvgIpc) is 2.74. The van der Waals surface area contributed by atoms with Crippen LogP contribution in [0.3, 0.4) is 0 Å². The average molecular weight is 407 g/mol. The molecule has 2 N–H and O–H groups in total. The fourth-order valence-corrected chi connectivity index (χ4v) is 3.90. The molecule has 156 valence electrons. The zero-order valence-corrected chi connectivity index (χ0v) is 17.6. The van der Waals surface area contributed by atoms with Gasteiger partial charge in [-0.05, 0) is 48.7 Å². The second kappa shape index (κ2) is 8.26. The first-order valence-electron chi connectivity index (χ1n) is 10.3. The smallest absolute Gasteiger partial charge is 0.196 e. The van der Waals surface area contributed by atoms with E-state index in [9.17, 15) is 4.39 Å². The predicted molar refractivity (Wildman–Crippen MR) is 120 cm³/mol. The van der Waals surface area contributed by atoms with Crippen LogP contribution in [0.5, 0.6) is 0 Å². The quantitative estimate of drug-likeness (QED) is 0.528. The Kier molecular flexibility index (Phi) is 5.53. The van der Waals surface area contributed by atoms with Gasteiger partial charge in [0.1, 0.15) is 11.6 Å². The number of rotatable bonds is 3. The Morgan fingerprint density at radius 2 is 1.93 bits per heavy atom. The third kappa shape index (κ3) is 4.06. The molecule has 7 heteroatoms. The molecule has 3 aromatic rings. The van der Waals surface area contributed by atoms with Crippen molar-refractivity contribution in [3.05, 3.63) is 60.0 Å². The summed E-state index contributed by atoms with van der Waals surface area (Å²) >= 11 is 0. The van der Waals surface area contributed by atoms with Crippen molar-refractivity contribution in [3.63, 3.8) is 0 Å². The molecule has 0 spiro atoms. The van der Waals surface area contributed by atoms with Crippen LogP contribution in [-0.2, 0) is 0 Å². The number of guanidine groups is 1. The van der Waals surface area contributed by atoms with E-state index in [1.54, 1.807) is 6.07 Å². The number of para-hydroxylation sites is 2. The van der Waals surface area contributed by atoms with Crippen molar-refractivity contribution in [2.24, 2.45) is 16.6 Å². The molecule has 4 rings (SSSR count). The van der Waals surface area contributed by atoms with E-state index in [1.165, 1.54) is 12.1 Å².